The van der Waals surface area contributed by atoms with Gasteiger partial charge in [0.2, 0.25) is 0 Å². The summed E-state index contributed by atoms with van der Waals surface area (Å²) in [5, 5.41) is 3.53. The van der Waals surface area contributed by atoms with Crippen molar-refractivity contribution < 1.29 is 4.74 Å². The third-order valence-electron chi connectivity index (χ3n) is 3.60. The minimum absolute atomic E-state index is 0.532. The average molecular weight is 312 g/mol. The van der Waals surface area contributed by atoms with E-state index in [4.69, 9.17) is 4.74 Å². The molecule has 1 aliphatic carbocycles. The van der Waals surface area contributed by atoms with Crippen LogP contribution in [0.1, 0.15) is 32.6 Å². The lowest BCUT2D eigenvalue weighted by molar-refractivity contribution is 0.265. The van der Waals surface area contributed by atoms with Gasteiger partial charge in [-0.2, -0.15) is 0 Å². The predicted octanol–water partition coefficient (Wildman–Crippen LogP) is 4.00. The Hall–Kier alpha value is -0.540. The zero-order valence-corrected chi connectivity index (χ0v) is 12.6. The highest BCUT2D eigenvalue weighted by atomic mass is 79.9. The molecule has 0 amide bonds. The lowest BCUT2D eigenvalue weighted by Crippen LogP contribution is -2.26. The van der Waals surface area contributed by atoms with Gasteiger partial charge in [0.25, 0.3) is 0 Å². The summed E-state index contributed by atoms with van der Waals surface area (Å²) >= 11 is 3.43. The van der Waals surface area contributed by atoms with Gasteiger partial charge < -0.3 is 10.1 Å². The molecule has 0 unspecified atom stereocenters. The summed E-state index contributed by atoms with van der Waals surface area (Å²) in [6.07, 6.45) is 5.09. The maximum absolute atomic E-state index is 5.79. The number of hydrogen-bond donors (Lipinski definition) is 1. The first kappa shape index (κ1) is 13.9. The highest BCUT2D eigenvalue weighted by Crippen LogP contribution is 2.48. The molecule has 0 atom stereocenters. The second kappa shape index (κ2) is 6.58. The Bertz CT molecular complexity index is 359. The molecule has 1 aliphatic rings. The van der Waals surface area contributed by atoms with Gasteiger partial charge in [-0.15, -0.1) is 0 Å². The summed E-state index contributed by atoms with van der Waals surface area (Å²) < 4.78 is 6.89. The molecule has 100 valence electrons. The smallest absolute Gasteiger partial charge is 0.119 e. The van der Waals surface area contributed by atoms with Crippen LogP contribution in [0.25, 0.3) is 0 Å². The minimum Gasteiger partial charge on any atom is -0.494 e. The quantitative estimate of drug-likeness (QED) is 0.733. The zero-order valence-electron chi connectivity index (χ0n) is 11.0. The van der Waals surface area contributed by atoms with Crippen molar-refractivity contribution in [2.75, 3.05) is 19.7 Å². The number of nitrogens with one attached hydrogen (secondary N) is 1. The molecule has 0 radical (unpaired) electrons. The monoisotopic (exact) mass is 311 g/mol. The van der Waals surface area contributed by atoms with E-state index in [9.17, 15) is 0 Å². The first-order valence-corrected chi connectivity index (χ1v) is 7.62. The van der Waals surface area contributed by atoms with Crippen LogP contribution in [0.4, 0.5) is 0 Å². The molecule has 0 aliphatic heterocycles. The van der Waals surface area contributed by atoms with Gasteiger partial charge in [0.05, 0.1) is 6.61 Å². The van der Waals surface area contributed by atoms with Gasteiger partial charge in [-0.05, 0) is 61.9 Å². The Balaban J connectivity index is 1.67. The van der Waals surface area contributed by atoms with E-state index in [0.717, 1.165) is 29.9 Å². The molecule has 0 bridgehead atoms. The fraction of sp³-hybridized carbons (Fsp3) is 0.600. The van der Waals surface area contributed by atoms with Crippen LogP contribution < -0.4 is 10.1 Å². The zero-order chi connectivity index (χ0) is 12.8. The Morgan fingerprint density at radius 2 is 2.00 bits per heavy atom. The molecule has 0 saturated heterocycles. The van der Waals surface area contributed by atoms with Crippen LogP contribution >= 0.6 is 15.9 Å². The molecular weight excluding hydrogens is 290 g/mol. The van der Waals surface area contributed by atoms with E-state index in [1.807, 2.05) is 24.3 Å². The molecule has 2 nitrogen and oxygen atoms in total. The molecular formula is C15H22BrNO. The number of benzene rings is 1. The van der Waals surface area contributed by atoms with Crippen LogP contribution in [-0.4, -0.2) is 19.7 Å². The average Bonchev–Trinajstić information content (AvgIpc) is 3.13. The molecule has 0 aromatic heterocycles. The summed E-state index contributed by atoms with van der Waals surface area (Å²) in [5.74, 6) is 0.968. The van der Waals surface area contributed by atoms with Crippen molar-refractivity contribution in [2.24, 2.45) is 5.41 Å². The van der Waals surface area contributed by atoms with Crippen molar-refractivity contribution in [3.8, 4) is 5.75 Å². The summed E-state index contributed by atoms with van der Waals surface area (Å²) in [6.45, 7) is 5.33. The Labute approximate surface area is 118 Å². The molecule has 18 heavy (non-hydrogen) atoms. The molecule has 1 N–H and O–H groups in total. The highest BCUT2D eigenvalue weighted by Gasteiger charge is 2.41. The van der Waals surface area contributed by atoms with Gasteiger partial charge in [0, 0.05) is 11.0 Å². The van der Waals surface area contributed by atoms with Crippen molar-refractivity contribution >= 4 is 15.9 Å². The third-order valence-corrected chi connectivity index (χ3v) is 4.13. The second-order valence-electron chi connectivity index (χ2n) is 5.23. The number of hydrogen-bond acceptors (Lipinski definition) is 2. The molecule has 1 saturated carbocycles. The summed E-state index contributed by atoms with van der Waals surface area (Å²) in [5.41, 5.74) is 0.532. The lowest BCUT2D eigenvalue weighted by Gasteiger charge is -2.16. The van der Waals surface area contributed by atoms with Crippen molar-refractivity contribution in [1.29, 1.82) is 0 Å². The van der Waals surface area contributed by atoms with E-state index in [-0.39, 0.29) is 0 Å². The van der Waals surface area contributed by atoms with E-state index in [1.54, 1.807) is 0 Å². The molecule has 3 heteroatoms. The summed E-state index contributed by atoms with van der Waals surface area (Å²) in [6, 6.07) is 8.06. The summed E-state index contributed by atoms with van der Waals surface area (Å²) in [7, 11) is 0. The van der Waals surface area contributed by atoms with E-state index in [1.165, 1.54) is 25.7 Å². The van der Waals surface area contributed by atoms with Crippen LogP contribution in [0.5, 0.6) is 5.75 Å². The number of halogens is 1. The van der Waals surface area contributed by atoms with Crippen molar-refractivity contribution in [1.82, 2.24) is 5.32 Å². The van der Waals surface area contributed by atoms with E-state index in [2.05, 4.69) is 28.2 Å². The third kappa shape index (κ3) is 4.29. The minimum atomic E-state index is 0.532. The Morgan fingerprint density at radius 3 is 2.61 bits per heavy atom. The highest BCUT2D eigenvalue weighted by molar-refractivity contribution is 9.10. The molecule has 0 spiro atoms. The number of ether oxygens (including phenoxy) is 1. The first-order valence-electron chi connectivity index (χ1n) is 6.83. The lowest BCUT2D eigenvalue weighted by atomic mass is 10.0. The fourth-order valence-corrected chi connectivity index (χ4v) is 2.40. The van der Waals surface area contributed by atoms with Gasteiger partial charge in [-0.3, -0.25) is 0 Å². The standard InChI is InChI=1S/C15H22BrNO/c1-2-10-17-12-15(7-8-15)9-11-18-14-5-3-13(16)4-6-14/h3-6,17H,2,7-12H2,1H3. The summed E-state index contributed by atoms with van der Waals surface area (Å²) in [4.78, 5) is 0. The predicted molar refractivity (Wildman–Crippen MR) is 79.1 cm³/mol. The molecule has 1 aromatic rings. The van der Waals surface area contributed by atoms with Gasteiger partial charge in [0.15, 0.2) is 0 Å². The van der Waals surface area contributed by atoms with Crippen LogP contribution in [0.3, 0.4) is 0 Å². The number of rotatable bonds is 8. The molecule has 0 heterocycles. The van der Waals surface area contributed by atoms with E-state index >= 15 is 0 Å². The van der Waals surface area contributed by atoms with Crippen LogP contribution in [-0.2, 0) is 0 Å². The van der Waals surface area contributed by atoms with E-state index < -0.39 is 0 Å². The van der Waals surface area contributed by atoms with Crippen molar-refractivity contribution in [3.63, 3.8) is 0 Å². The topological polar surface area (TPSA) is 21.3 Å². The van der Waals surface area contributed by atoms with Crippen LogP contribution in [0.2, 0.25) is 0 Å². The normalized spacial score (nSPS) is 16.6. The maximum atomic E-state index is 5.79. The molecule has 1 fully saturated rings. The Morgan fingerprint density at radius 1 is 1.28 bits per heavy atom. The van der Waals surface area contributed by atoms with Crippen LogP contribution in [0.15, 0.2) is 28.7 Å². The fourth-order valence-electron chi connectivity index (χ4n) is 2.14. The van der Waals surface area contributed by atoms with Crippen LogP contribution in [0, 0.1) is 5.41 Å². The van der Waals surface area contributed by atoms with Crippen molar-refractivity contribution in [3.05, 3.63) is 28.7 Å². The molecule has 2 rings (SSSR count). The SMILES string of the molecule is CCCNCC1(CCOc2ccc(Br)cc2)CC1. The second-order valence-corrected chi connectivity index (χ2v) is 6.14. The van der Waals surface area contributed by atoms with E-state index in [0.29, 0.717) is 5.41 Å². The van der Waals surface area contributed by atoms with Crippen molar-refractivity contribution in [2.45, 2.75) is 32.6 Å². The van der Waals surface area contributed by atoms with Gasteiger partial charge in [-0.1, -0.05) is 22.9 Å². The Kier molecular flexibility index (Phi) is 5.07. The van der Waals surface area contributed by atoms with Gasteiger partial charge >= 0.3 is 0 Å². The largest absolute Gasteiger partial charge is 0.494 e. The maximum Gasteiger partial charge on any atom is 0.119 e. The first-order chi connectivity index (χ1) is 8.74. The van der Waals surface area contributed by atoms with Gasteiger partial charge in [-0.25, -0.2) is 0 Å². The van der Waals surface area contributed by atoms with Gasteiger partial charge in [0.1, 0.15) is 5.75 Å². The molecule has 1 aromatic carbocycles.